The highest BCUT2D eigenvalue weighted by Crippen LogP contribution is 2.29. The molecule has 0 atom stereocenters. The number of hydrogen-bond donors (Lipinski definition) is 1. The van der Waals surface area contributed by atoms with Crippen LogP contribution >= 0.6 is 0 Å². The highest BCUT2D eigenvalue weighted by atomic mass is 16.5. The van der Waals surface area contributed by atoms with Crippen LogP contribution in [0.1, 0.15) is 16.8 Å². The highest BCUT2D eigenvalue weighted by Gasteiger charge is 2.18. The van der Waals surface area contributed by atoms with Crippen molar-refractivity contribution < 1.29 is 4.74 Å². The van der Waals surface area contributed by atoms with Crippen LogP contribution in [0, 0.1) is 0 Å². The van der Waals surface area contributed by atoms with Crippen molar-refractivity contribution in [3.8, 4) is 11.4 Å². The van der Waals surface area contributed by atoms with E-state index >= 15 is 0 Å². The lowest BCUT2D eigenvalue weighted by Crippen LogP contribution is -2.24. The first-order valence-corrected chi connectivity index (χ1v) is 9.91. The minimum Gasteiger partial charge on any atom is -0.489 e. The van der Waals surface area contributed by atoms with Gasteiger partial charge in [0.15, 0.2) is 0 Å². The Hall–Kier alpha value is -3.31. The minimum atomic E-state index is -0.101. The van der Waals surface area contributed by atoms with Gasteiger partial charge >= 0.3 is 0 Å². The lowest BCUT2D eigenvalue weighted by Gasteiger charge is -2.14. The third-order valence-corrected chi connectivity index (χ3v) is 5.68. The van der Waals surface area contributed by atoms with Crippen LogP contribution in [0.5, 0.6) is 5.75 Å². The Kier molecular flexibility index (Phi) is 4.45. The predicted molar refractivity (Wildman–Crippen MR) is 115 cm³/mol. The molecule has 29 heavy (non-hydrogen) atoms. The van der Waals surface area contributed by atoms with E-state index in [2.05, 4.69) is 29.1 Å². The second-order valence-corrected chi connectivity index (χ2v) is 7.46. The van der Waals surface area contributed by atoms with Gasteiger partial charge in [-0.15, -0.1) is 0 Å². The number of rotatable bonds is 4. The van der Waals surface area contributed by atoms with Crippen molar-refractivity contribution in [2.24, 2.45) is 7.05 Å². The Morgan fingerprint density at radius 1 is 1.07 bits per heavy atom. The van der Waals surface area contributed by atoms with Crippen molar-refractivity contribution in [2.45, 2.75) is 19.6 Å². The third kappa shape index (κ3) is 3.23. The van der Waals surface area contributed by atoms with Crippen molar-refractivity contribution >= 4 is 10.9 Å². The summed E-state index contributed by atoms with van der Waals surface area (Å²) in [4.78, 5) is 12.7. The molecule has 0 aliphatic carbocycles. The topological polar surface area (TPSA) is 48.2 Å². The maximum Gasteiger partial charge on any atom is 0.258 e. The molecule has 5 nitrogen and oxygen atoms in total. The largest absolute Gasteiger partial charge is 0.489 e. The van der Waals surface area contributed by atoms with Crippen LogP contribution in [0.25, 0.3) is 16.6 Å². The molecule has 1 aliphatic rings. The van der Waals surface area contributed by atoms with Gasteiger partial charge in [0, 0.05) is 49.9 Å². The van der Waals surface area contributed by atoms with Crippen LogP contribution in [0.15, 0.2) is 71.7 Å². The Morgan fingerprint density at radius 3 is 2.76 bits per heavy atom. The van der Waals surface area contributed by atoms with Crippen LogP contribution < -0.4 is 15.6 Å². The van der Waals surface area contributed by atoms with Gasteiger partial charge in [0.25, 0.3) is 5.56 Å². The molecule has 5 rings (SSSR count). The first-order valence-electron chi connectivity index (χ1n) is 9.91. The molecular weight excluding hydrogens is 362 g/mol. The minimum absolute atomic E-state index is 0.101. The van der Waals surface area contributed by atoms with Crippen molar-refractivity contribution in [3.63, 3.8) is 0 Å². The number of ether oxygens (including phenoxy) is 1. The van der Waals surface area contributed by atoms with E-state index in [9.17, 15) is 4.79 Å². The van der Waals surface area contributed by atoms with Gasteiger partial charge < -0.3 is 14.6 Å². The number of benzene rings is 2. The number of aryl methyl sites for hydroxylation is 1. The third-order valence-electron chi connectivity index (χ3n) is 5.68. The Labute approximate surface area is 169 Å². The number of hydrogen-bond acceptors (Lipinski definition) is 3. The summed E-state index contributed by atoms with van der Waals surface area (Å²) in [6.45, 7) is 2.35. The van der Waals surface area contributed by atoms with Crippen LogP contribution in [0.3, 0.4) is 0 Å². The molecule has 146 valence electrons. The molecule has 0 amide bonds. The Morgan fingerprint density at radius 2 is 1.93 bits per heavy atom. The monoisotopic (exact) mass is 385 g/mol. The molecule has 0 saturated carbocycles. The molecule has 4 aromatic rings. The quantitative estimate of drug-likeness (QED) is 0.584. The molecule has 2 aromatic carbocycles. The lowest BCUT2D eigenvalue weighted by atomic mass is 10.1. The van der Waals surface area contributed by atoms with Crippen molar-refractivity contribution in [3.05, 3.63) is 94.0 Å². The fourth-order valence-corrected chi connectivity index (χ4v) is 4.15. The van der Waals surface area contributed by atoms with E-state index in [1.807, 2.05) is 42.5 Å². The van der Waals surface area contributed by atoms with Crippen molar-refractivity contribution in [1.29, 1.82) is 0 Å². The van der Waals surface area contributed by atoms with Crippen LogP contribution in [-0.2, 0) is 26.6 Å². The molecule has 0 unspecified atom stereocenters. The standard InChI is InChI=1S/C24H23N3O2/c1-26-22-9-11-25-15-21(22)20-8-7-18(13-23(20)26)27-12-10-19(14-24(27)28)29-16-17-5-3-2-4-6-17/h2-8,10,12-14,25H,9,11,15-16H2,1H3. The number of nitrogens with one attached hydrogen (secondary N) is 1. The molecule has 0 saturated heterocycles. The fourth-order valence-electron chi connectivity index (χ4n) is 4.15. The van der Waals surface area contributed by atoms with Gasteiger partial charge in [0.2, 0.25) is 0 Å². The van der Waals surface area contributed by atoms with E-state index < -0.39 is 0 Å². The van der Waals surface area contributed by atoms with E-state index in [0.29, 0.717) is 12.4 Å². The van der Waals surface area contributed by atoms with E-state index in [4.69, 9.17) is 4.74 Å². The first-order chi connectivity index (χ1) is 14.2. The summed E-state index contributed by atoms with van der Waals surface area (Å²) in [6, 6.07) is 19.6. The maximum absolute atomic E-state index is 12.7. The van der Waals surface area contributed by atoms with Gasteiger partial charge in [-0.1, -0.05) is 36.4 Å². The normalized spacial score (nSPS) is 13.4. The molecule has 0 bridgehead atoms. The SMILES string of the molecule is Cn1c2c(c3ccc(-n4ccc(OCc5ccccc5)cc4=O)cc31)CNCC2. The summed E-state index contributed by atoms with van der Waals surface area (Å²) in [5.74, 6) is 0.580. The van der Waals surface area contributed by atoms with E-state index in [-0.39, 0.29) is 5.56 Å². The summed E-state index contributed by atoms with van der Waals surface area (Å²) in [6.07, 6.45) is 2.82. The number of nitrogens with zero attached hydrogens (tertiary/aromatic N) is 2. The average molecular weight is 385 g/mol. The van der Waals surface area contributed by atoms with Crippen LogP contribution in [0.4, 0.5) is 0 Å². The van der Waals surface area contributed by atoms with E-state index in [0.717, 1.165) is 36.3 Å². The molecule has 5 heteroatoms. The summed E-state index contributed by atoms with van der Waals surface area (Å²) in [7, 11) is 2.11. The van der Waals surface area contributed by atoms with Crippen molar-refractivity contribution in [2.75, 3.05) is 6.54 Å². The Balaban J connectivity index is 1.45. The van der Waals surface area contributed by atoms with Gasteiger partial charge in [0.05, 0.1) is 11.2 Å². The first kappa shape index (κ1) is 17.8. The Bertz CT molecular complexity index is 1240. The van der Waals surface area contributed by atoms with Crippen LogP contribution in [-0.4, -0.2) is 15.7 Å². The molecule has 0 radical (unpaired) electrons. The second kappa shape index (κ2) is 7.26. The van der Waals surface area contributed by atoms with Crippen molar-refractivity contribution in [1.82, 2.24) is 14.5 Å². The van der Waals surface area contributed by atoms with Gasteiger partial charge in [-0.05, 0) is 29.3 Å². The highest BCUT2D eigenvalue weighted by molar-refractivity contribution is 5.87. The molecule has 1 N–H and O–H groups in total. The fraction of sp³-hybridized carbons (Fsp3) is 0.208. The molecule has 0 fully saturated rings. The van der Waals surface area contributed by atoms with Crippen LogP contribution in [0.2, 0.25) is 0 Å². The molecule has 0 spiro atoms. The number of aromatic nitrogens is 2. The summed E-state index contributed by atoms with van der Waals surface area (Å²) in [5, 5.41) is 4.71. The summed E-state index contributed by atoms with van der Waals surface area (Å²) < 4.78 is 9.71. The zero-order valence-corrected chi connectivity index (χ0v) is 16.4. The number of pyridine rings is 1. The molecule has 3 heterocycles. The maximum atomic E-state index is 12.7. The average Bonchev–Trinajstić information content (AvgIpc) is 3.05. The van der Waals surface area contributed by atoms with Gasteiger partial charge in [-0.2, -0.15) is 0 Å². The zero-order valence-electron chi connectivity index (χ0n) is 16.4. The van der Waals surface area contributed by atoms with E-state index in [1.165, 1.54) is 16.6 Å². The van der Waals surface area contributed by atoms with Gasteiger partial charge in [0.1, 0.15) is 12.4 Å². The second-order valence-electron chi connectivity index (χ2n) is 7.46. The predicted octanol–water partition coefficient (Wildman–Crippen LogP) is 3.55. The summed E-state index contributed by atoms with van der Waals surface area (Å²) in [5.41, 5.74) is 5.75. The lowest BCUT2D eigenvalue weighted by molar-refractivity contribution is 0.305. The molecule has 2 aromatic heterocycles. The zero-order chi connectivity index (χ0) is 19.8. The van der Waals surface area contributed by atoms with E-state index in [1.54, 1.807) is 16.8 Å². The summed E-state index contributed by atoms with van der Waals surface area (Å²) >= 11 is 0. The molecule has 1 aliphatic heterocycles. The smallest absolute Gasteiger partial charge is 0.258 e. The van der Waals surface area contributed by atoms with Gasteiger partial charge in [-0.3, -0.25) is 9.36 Å². The van der Waals surface area contributed by atoms with Gasteiger partial charge in [-0.25, -0.2) is 0 Å². The number of fused-ring (bicyclic) bond motifs is 3. The molecular formula is C24H23N3O2.